The van der Waals surface area contributed by atoms with Crippen molar-refractivity contribution in [2.45, 2.75) is 19.3 Å². The summed E-state index contributed by atoms with van der Waals surface area (Å²) in [6.45, 7) is 0.999. The van der Waals surface area contributed by atoms with Crippen LogP contribution in [0.3, 0.4) is 0 Å². The summed E-state index contributed by atoms with van der Waals surface area (Å²) < 4.78 is 4.61. The molecule has 6 nitrogen and oxygen atoms in total. The van der Waals surface area contributed by atoms with Crippen molar-refractivity contribution in [2.24, 2.45) is 5.41 Å². The van der Waals surface area contributed by atoms with Crippen LogP contribution in [0, 0.1) is 5.41 Å². The van der Waals surface area contributed by atoms with Gasteiger partial charge in [0.25, 0.3) is 0 Å². The first-order chi connectivity index (χ1) is 7.94. The highest BCUT2D eigenvalue weighted by molar-refractivity contribution is 5.97. The van der Waals surface area contributed by atoms with Crippen molar-refractivity contribution in [2.75, 3.05) is 27.2 Å². The lowest BCUT2D eigenvalue weighted by Crippen LogP contribution is -2.48. The maximum absolute atomic E-state index is 11.7. The number of nitrogens with zero attached hydrogens (tertiary/aromatic N) is 2. The van der Waals surface area contributed by atoms with Crippen LogP contribution < -0.4 is 0 Å². The van der Waals surface area contributed by atoms with E-state index in [0.717, 1.165) is 0 Å². The molecule has 0 unspecified atom stereocenters. The van der Waals surface area contributed by atoms with Crippen LogP contribution in [0.1, 0.15) is 19.3 Å². The minimum absolute atomic E-state index is 0.0578. The fourth-order valence-electron chi connectivity index (χ4n) is 2.39. The van der Waals surface area contributed by atoms with E-state index in [2.05, 4.69) is 4.74 Å². The summed E-state index contributed by atoms with van der Waals surface area (Å²) in [5.74, 6) is -0.859. The molecule has 2 rings (SSSR count). The lowest BCUT2D eigenvalue weighted by atomic mass is 9.77. The molecule has 1 spiro atoms. The number of hydrogen-bond acceptors (Lipinski definition) is 4. The Kier molecular flexibility index (Phi) is 2.81. The molecule has 94 valence electrons. The highest BCUT2D eigenvalue weighted by atomic mass is 16.6. The van der Waals surface area contributed by atoms with Gasteiger partial charge < -0.3 is 14.5 Å². The molecule has 17 heavy (non-hydrogen) atoms. The molecule has 0 aromatic rings. The van der Waals surface area contributed by atoms with Crippen molar-refractivity contribution >= 4 is 18.0 Å². The van der Waals surface area contributed by atoms with Gasteiger partial charge in [-0.3, -0.25) is 9.59 Å². The Labute approximate surface area is 99.5 Å². The van der Waals surface area contributed by atoms with Gasteiger partial charge in [0, 0.05) is 27.2 Å². The maximum Gasteiger partial charge on any atom is 0.320 e. The van der Waals surface area contributed by atoms with Gasteiger partial charge in [-0.05, 0) is 12.8 Å². The Morgan fingerprint density at radius 2 is 1.88 bits per heavy atom. The summed E-state index contributed by atoms with van der Waals surface area (Å²) in [5.41, 5.74) is -0.666. The van der Waals surface area contributed by atoms with Crippen LogP contribution >= 0.6 is 0 Å². The molecule has 0 saturated carbocycles. The topological polar surface area (TPSA) is 66.9 Å². The van der Waals surface area contributed by atoms with E-state index in [0.29, 0.717) is 25.9 Å². The van der Waals surface area contributed by atoms with Gasteiger partial charge >= 0.3 is 18.0 Å². The van der Waals surface area contributed by atoms with Crippen LogP contribution in [-0.2, 0) is 14.3 Å². The second-order valence-electron chi connectivity index (χ2n) is 4.88. The van der Waals surface area contributed by atoms with Gasteiger partial charge in [-0.2, -0.15) is 0 Å². The van der Waals surface area contributed by atoms with Gasteiger partial charge in [-0.25, -0.2) is 4.79 Å². The van der Waals surface area contributed by atoms with Crippen LogP contribution in [0.5, 0.6) is 0 Å². The van der Waals surface area contributed by atoms with Gasteiger partial charge in [-0.1, -0.05) is 0 Å². The number of cyclic esters (lactones) is 2. The van der Waals surface area contributed by atoms with Crippen LogP contribution in [0.15, 0.2) is 0 Å². The summed E-state index contributed by atoms with van der Waals surface area (Å²) in [5, 5.41) is 0. The fraction of sp³-hybridized carbons (Fsp3) is 0.727. The molecule has 2 heterocycles. The zero-order chi connectivity index (χ0) is 12.6. The molecular formula is C11H16N2O4. The van der Waals surface area contributed by atoms with Gasteiger partial charge in [0.05, 0.1) is 11.8 Å². The third-order valence-electron chi connectivity index (χ3n) is 3.50. The number of amides is 2. The molecule has 2 saturated heterocycles. The second kappa shape index (κ2) is 4.01. The second-order valence-corrected chi connectivity index (χ2v) is 4.88. The van der Waals surface area contributed by atoms with E-state index in [1.54, 1.807) is 19.0 Å². The Hall–Kier alpha value is -1.59. The Balaban J connectivity index is 2.01. The number of piperidine rings is 1. The van der Waals surface area contributed by atoms with E-state index in [1.807, 2.05) is 0 Å². The SMILES string of the molecule is CN(C)C(=O)N1CCC2(CC1)CC(=O)OC2=O. The highest BCUT2D eigenvalue weighted by Gasteiger charge is 2.51. The lowest BCUT2D eigenvalue weighted by Gasteiger charge is -2.36. The molecule has 0 aliphatic carbocycles. The highest BCUT2D eigenvalue weighted by Crippen LogP contribution is 2.40. The fourth-order valence-corrected chi connectivity index (χ4v) is 2.39. The monoisotopic (exact) mass is 240 g/mol. The lowest BCUT2D eigenvalue weighted by molar-refractivity contribution is -0.156. The maximum atomic E-state index is 11.7. The molecule has 2 amide bonds. The third kappa shape index (κ3) is 1.99. The summed E-state index contributed by atoms with van der Waals surface area (Å²) in [7, 11) is 3.39. The van der Waals surface area contributed by atoms with E-state index in [1.165, 1.54) is 4.90 Å². The Morgan fingerprint density at radius 1 is 1.29 bits per heavy atom. The van der Waals surface area contributed by atoms with Crippen molar-refractivity contribution < 1.29 is 19.1 Å². The summed E-state index contributed by atoms with van der Waals surface area (Å²) in [6, 6.07) is -0.0578. The quantitative estimate of drug-likeness (QED) is 0.449. The molecule has 0 aromatic heterocycles. The predicted octanol–water partition coefficient (Wildman–Crippen LogP) is 0.224. The van der Waals surface area contributed by atoms with Crippen LogP contribution in [0.25, 0.3) is 0 Å². The molecule has 0 aromatic carbocycles. The van der Waals surface area contributed by atoms with Crippen LogP contribution in [0.4, 0.5) is 4.79 Å². The number of carbonyl (C=O) groups excluding carboxylic acids is 3. The first-order valence-corrected chi connectivity index (χ1v) is 5.66. The van der Waals surface area contributed by atoms with E-state index < -0.39 is 17.4 Å². The molecule has 0 bridgehead atoms. The standard InChI is InChI=1S/C11H16N2O4/c1-12(2)10(16)13-5-3-11(4-6-13)7-8(14)17-9(11)15/h3-7H2,1-2H3. The minimum atomic E-state index is -0.666. The molecule has 6 heteroatoms. The molecule has 2 fully saturated rings. The number of urea groups is 1. The van der Waals surface area contributed by atoms with Gasteiger partial charge in [0.15, 0.2) is 0 Å². The molecule has 2 aliphatic heterocycles. The summed E-state index contributed by atoms with van der Waals surface area (Å²) >= 11 is 0. The number of ether oxygens (including phenoxy) is 1. The van der Waals surface area contributed by atoms with Crippen molar-refractivity contribution in [3.63, 3.8) is 0 Å². The zero-order valence-electron chi connectivity index (χ0n) is 10.1. The average Bonchev–Trinajstić information content (AvgIpc) is 2.54. The summed E-state index contributed by atoms with van der Waals surface area (Å²) in [4.78, 5) is 37.7. The van der Waals surface area contributed by atoms with Crippen LogP contribution in [-0.4, -0.2) is 55.0 Å². The van der Waals surface area contributed by atoms with Crippen LogP contribution in [0.2, 0.25) is 0 Å². The van der Waals surface area contributed by atoms with Gasteiger partial charge in [0.2, 0.25) is 0 Å². The van der Waals surface area contributed by atoms with Crippen molar-refractivity contribution in [3.05, 3.63) is 0 Å². The smallest absolute Gasteiger partial charge is 0.320 e. The number of hydrogen-bond donors (Lipinski definition) is 0. The Bertz CT molecular complexity index is 370. The number of likely N-dealkylation sites (tertiary alicyclic amines) is 1. The minimum Gasteiger partial charge on any atom is -0.393 e. The summed E-state index contributed by atoms with van der Waals surface area (Å²) in [6.07, 6.45) is 1.18. The van der Waals surface area contributed by atoms with E-state index in [-0.39, 0.29) is 12.5 Å². The van der Waals surface area contributed by atoms with Crippen molar-refractivity contribution in [1.82, 2.24) is 9.80 Å². The molecule has 0 radical (unpaired) electrons. The largest absolute Gasteiger partial charge is 0.393 e. The third-order valence-corrected chi connectivity index (χ3v) is 3.50. The van der Waals surface area contributed by atoms with E-state index >= 15 is 0 Å². The molecule has 2 aliphatic rings. The van der Waals surface area contributed by atoms with Crippen molar-refractivity contribution in [3.8, 4) is 0 Å². The molecular weight excluding hydrogens is 224 g/mol. The molecule has 0 atom stereocenters. The number of rotatable bonds is 0. The van der Waals surface area contributed by atoms with Gasteiger partial charge in [-0.15, -0.1) is 0 Å². The van der Waals surface area contributed by atoms with Gasteiger partial charge in [0.1, 0.15) is 0 Å². The first kappa shape index (κ1) is 11.9. The van der Waals surface area contributed by atoms with Crippen molar-refractivity contribution in [1.29, 1.82) is 0 Å². The zero-order valence-corrected chi connectivity index (χ0v) is 10.1. The number of carbonyl (C=O) groups is 3. The Morgan fingerprint density at radius 3 is 2.29 bits per heavy atom. The predicted molar refractivity (Wildman–Crippen MR) is 58.0 cm³/mol. The first-order valence-electron chi connectivity index (χ1n) is 5.66. The number of esters is 2. The van der Waals surface area contributed by atoms with E-state index in [4.69, 9.17) is 0 Å². The molecule has 0 N–H and O–H groups in total. The average molecular weight is 240 g/mol. The normalized spacial score (nSPS) is 22.8. The van der Waals surface area contributed by atoms with E-state index in [9.17, 15) is 14.4 Å².